The highest BCUT2D eigenvalue weighted by Crippen LogP contribution is 2.25. The average Bonchev–Trinajstić information content (AvgIpc) is 3.40. The molecule has 0 radical (unpaired) electrons. The highest BCUT2D eigenvalue weighted by molar-refractivity contribution is 6.12. The summed E-state index contributed by atoms with van der Waals surface area (Å²) in [6, 6.07) is 15.1. The zero-order chi connectivity index (χ0) is 20.1. The topological polar surface area (TPSA) is 104 Å². The Kier molecular flexibility index (Phi) is 3.67. The number of H-pyrrole nitrogens is 1. The van der Waals surface area contributed by atoms with E-state index in [4.69, 9.17) is 10.6 Å². The van der Waals surface area contributed by atoms with E-state index in [9.17, 15) is 4.79 Å². The van der Waals surface area contributed by atoms with E-state index >= 15 is 0 Å². The Bertz CT molecular complexity index is 1390. The van der Waals surface area contributed by atoms with Gasteiger partial charge in [0.1, 0.15) is 24.4 Å². The lowest BCUT2D eigenvalue weighted by Crippen LogP contribution is -2.15. The van der Waals surface area contributed by atoms with Crippen LogP contribution in [0.2, 0.25) is 0 Å². The second-order valence-corrected chi connectivity index (χ2v) is 6.77. The van der Waals surface area contributed by atoms with Crippen molar-refractivity contribution < 1.29 is 9.63 Å². The van der Waals surface area contributed by atoms with E-state index in [1.54, 1.807) is 6.07 Å². The summed E-state index contributed by atoms with van der Waals surface area (Å²) in [4.78, 5) is 26.3. The van der Waals surface area contributed by atoms with Crippen LogP contribution in [-0.4, -0.2) is 37.4 Å². The van der Waals surface area contributed by atoms with E-state index < -0.39 is 0 Å². The van der Waals surface area contributed by atoms with Gasteiger partial charge in [-0.1, -0.05) is 18.2 Å². The molecule has 3 aromatic heterocycles. The quantitative estimate of drug-likeness (QED) is 0.462. The molecule has 0 fully saturated rings. The highest BCUT2D eigenvalue weighted by Gasteiger charge is 2.23. The number of anilines is 1. The number of hydrogen-bond acceptors (Lipinski definition) is 5. The first-order chi connectivity index (χ1) is 14.1. The third kappa shape index (κ3) is 2.57. The van der Waals surface area contributed by atoms with Crippen molar-refractivity contribution in [3.63, 3.8) is 0 Å². The molecule has 0 spiro atoms. The lowest BCUT2D eigenvalue weighted by atomic mass is 10.1. The standard InChI is InChI=1S/C21H18N6O2/c1-12-24-16-8-7-14(10-17(16)25-12)26-21(22)15(11-23-26)20(28)19-9-13-5-3-4-6-18(13)27(19)29-2/h3-11H,22H2,1-2H3,(H,24,25). The number of carbonyl (C=O) groups is 1. The Labute approximate surface area is 165 Å². The van der Waals surface area contributed by atoms with Crippen molar-refractivity contribution in [1.29, 1.82) is 0 Å². The second kappa shape index (κ2) is 6.23. The first kappa shape index (κ1) is 17.1. The lowest BCUT2D eigenvalue weighted by molar-refractivity contribution is 0.0985. The minimum Gasteiger partial charge on any atom is -0.416 e. The molecule has 0 atom stereocenters. The van der Waals surface area contributed by atoms with Crippen molar-refractivity contribution in [1.82, 2.24) is 24.5 Å². The number of fused-ring (bicyclic) bond motifs is 2. The summed E-state index contributed by atoms with van der Waals surface area (Å²) in [6.45, 7) is 1.90. The number of nitrogens with one attached hydrogen (secondary N) is 1. The van der Waals surface area contributed by atoms with Crippen LogP contribution in [0.25, 0.3) is 27.6 Å². The van der Waals surface area contributed by atoms with E-state index in [0.29, 0.717) is 11.3 Å². The van der Waals surface area contributed by atoms with Gasteiger partial charge in [-0.15, -0.1) is 0 Å². The van der Waals surface area contributed by atoms with Crippen molar-refractivity contribution in [2.75, 3.05) is 12.8 Å². The molecule has 0 amide bonds. The predicted molar refractivity (Wildman–Crippen MR) is 110 cm³/mol. The maximum absolute atomic E-state index is 13.2. The van der Waals surface area contributed by atoms with Crippen molar-refractivity contribution >= 4 is 33.5 Å². The fourth-order valence-corrected chi connectivity index (χ4v) is 3.61. The fraction of sp³-hybridized carbons (Fsp3) is 0.0952. The van der Waals surface area contributed by atoms with Crippen molar-refractivity contribution in [3.05, 3.63) is 71.8 Å². The fourth-order valence-electron chi connectivity index (χ4n) is 3.61. The molecule has 5 aromatic rings. The number of aromatic amines is 1. The van der Waals surface area contributed by atoms with Gasteiger partial charge in [0.15, 0.2) is 0 Å². The molecular weight excluding hydrogens is 368 g/mol. The number of imidazole rings is 1. The monoisotopic (exact) mass is 386 g/mol. The van der Waals surface area contributed by atoms with Crippen LogP contribution in [0.3, 0.4) is 0 Å². The molecular formula is C21H18N6O2. The number of aryl methyl sites for hydroxylation is 1. The number of carbonyl (C=O) groups excluding carboxylic acids is 1. The predicted octanol–water partition coefficient (Wildman–Crippen LogP) is 2.88. The van der Waals surface area contributed by atoms with Gasteiger partial charge in [-0.25, -0.2) is 9.67 Å². The summed E-state index contributed by atoms with van der Waals surface area (Å²) < 4.78 is 3.05. The zero-order valence-corrected chi connectivity index (χ0v) is 15.9. The summed E-state index contributed by atoms with van der Waals surface area (Å²) in [5.74, 6) is 0.826. The molecule has 144 valence electrons. The number of benzene rings is 2. The Hall–Kier alpha value is -4.07. The first-order valence-corrected chi connectivity index (χ1v) is 9.06. The smallest absolute Gasteiger partial charge is 0.218 e. The molecule has 5 rings (SSSR count). The van der Waals surface area contributed by atoms with E-state index in [-0.39, 0.29) is 11.6 Å². The Morgan fingerprint density at radius 3 is 2.83 bits per heavy atom. The largest absolute Gasteiger partial charge is 0.416 e. The van der Waals surface area contributed by atoms with Crippen LogP contribution in [0, 0.1) is 6.92 Å². The minimum atomic E-state index is -0.261. The summed E-state index contributed by atoms with van der Waals surface area (Å²) in [7, 11) is 1.52. The Morgan fingerprint density at radius 2 is 2.00 bits per heavy atom. The number of para-hydroxylation sites is 1. The molecule has 0 aliphatic rings. The molecule has 0 bridgehead atoms. The van der Waals surface area contributed by atoms with Crippen LogP contribution < -0.4 is 10.6 Å². The molecule has 0 saturated heterocycles. The maximum atomic E-state index is 13.2. The third-order valence-electron chi connectivity index (χ3n) is 4.96. The van der Waals surface area contributed by atoms with Gasteiger partial charge >= 0.3 is 0 Å². The number of rotatable bonds is 4. The molecule has 0 aliphatic carbocycles. The van der Waals surface area contributed by atoms with Gasteiger partial charge in [-0.3, -0.25) is 4.79 Å². The lowest BCUT2D eigenvalue weighted by Gasteiger charge is -2.08. The van der Waals surface area contributed by atoms with Crippen molar-refractivity contribution in [2.45, 2.75) is 6.92 Å². The van der Waals surface area contributed by atoms with E-state index in [1.165, 1.54) is 22.7 Å². The first-order valence-electron chi connectivity index (χ1n) is 9.06. The SMILES string of the molecule is COn1c(C(=O)c2cnn(-c3ccc4[nH]c(C)nc4c3)c2N)cc2ccccc21. The number of nitrogens with zero attached hydrogens (tertiary/aromatic N) is 4. The van der Waals surface area contributed by atoms with Crippen molar-refractivity contribution in [3.8, 4) is 5.69 Å². The van der Waals surface area contributed by atoms with Crippen LogP contribution >= 0.6 is 0 Å². The second-order valence-electron chi connectivity index (χ2n) is 6.77. The average molecular weight is 386 g/mol. The van der Waals surface area contributed by atoms with Crippen LogP contribution in [-0.2, 0) is 0 Å². The van der Waals surface area contributed by atoms with E-state index in [2.05, 4.69) is 15.1 Å². The van der Waals surface area contributed by atoms with Crippen LogP contribution in [0.1, 0.15) is 21.9 Å². The molecule has 3 heterocycles. The number of aromatic nitrogens is 5. The van der Waals surface area contributed by atoms with Gasteiger partial charge < -0.3 is 15.6 Å². The summed E-state index contributed by atoms with van der Waals surface area (Å²) >= 11 is 0. The van der Waals surface area contributed by atoms with Crippen molar-refractivity contribution in [2.24, 2.45) is 0 Å². The molecule has 0 aliphatic heterocycles. The van der Waals surface area contributed by atoms with E-state index in [1.807, 2.05) is 49.4 Å². The highest BCUT2D eigenvalue weighted by atomic mass is 16.6. The van der Waals surface area contributed by atoms with E-state index in [0.717, 1.165) is 33.4 Å². The maximum Gasteiger partial charge on any atom is 0.218 e. The van der Waals surface area contributed by atoms with Gasteiger partial charge in [0.05, 0.1) is 34.0 Å². The number of ketones is 1. The Morgan fingerprint density at radius 1 is 1.17 bits per heavy atom. The Balaban J connectivity index is 1.59. The van der Waals surface area contributed by atoms with Gasteiger partial charge in [-0.2, -0.15) is 9.83 Å². The molecule has 2 aromatic carbocycles. The van der Waals surface area contributed by atoms with Crippen LogP contribution in [0.15, 0.2) is 54.7 Å². The number of nitrogen functional groups attached to an aromatic ring is 1. The summed E-state index contributed by atoms with van der Waals surface area (Å²) in [5, 5.41) is 5.24. The number of nitrogens with two attached hydrogens (primary N) is 1. The molecule has 3 N–H and O–H groups in total. The van der Waals surface area contributed by atoms with Gasteiger partial charge in [0, 0.05) is 5.39 Å². The van der Waals surface area contributed by atoms with Crippen LogP contribution in [0.5, 0.6) is 0 Å². The van der Waals surface area contributed by atoms with Gasteiger partial charge in [-0.05, 0) is 37.3 Å². The zero-order valence-electron chi connectivity index (χ0n) is 15.9. The number of hydrogen-bond donors (Lipinski definition) is 2. The summed E-state index contributed by atoms with van der Waals surface area (Å²) in [5.41, 5.74) is 10.3. The van der Waals surface area contributed by atoms with Gasteiger partial charge in [0.2, 0.25) is 5.78 Å². The molecule has 8 nitrogen and oxygen atoms in total. The van der Waals surface area contributed by atoms with Gasteiger partial charge in [0.25, 0.3) is 0 Å². The molecule has 0 saturated carbocycles. The molecule has 29 heavy (non-hydrogen) atoms. The molecule has 0 unspecified atom stereocenters. The minimum absolute atomic E-state index is 0.259. The molecule has 8 heteroatoms. The normalized spacial score (nSPS) is 11.4. The van der Waals surface area contributed by atoms with Crippen LogP contribution in [0.4, 0.5) is 5.82 Å². The summed E-state index contributed by atoms with van der Waals surface area (Å²) in [6.07, 6.45) is 1.48. The third-order valence-corrected chi connectivity index (χ3v) is 4.96.